The molecule has 5 nitrogen and oxygen atoms in total. The van der Waals surface area contributed by atoms with Crippen LogP contribution in [0.3, 0.4) is 0 Å². The van der Waals surface area contributed by atoms with Crippen molar-refractivity contribution in [3.63, 3.8) is 0 Å². The lowest BCUT2D eigenvalue weighted by Gasteiger charge is -2.34. The van der Waals surface area contributed by atoms with Gasteiger partial charge in [0.25, 0.3) is 0 Å². The number of amides is 1. The van der Waals surface area contributed by atoms with Crippen molar-refractivity contribution in [2.24, 2.45) is 11.3 Å². The Bertz CT molecular complexity index is 368. The number of carboxylic acid groups (broad SMARTS) is 1. The average molecular weight is 297 g/mol. The van der Waals surface area contributed by atoms with Gasteiger partial charge in [-0.15, -0.1) is 6.58 Å². The summed E-state index contributed by atoms with van der Waals surface area (Å²) < 4.78 is 5.11. The van der Waals surface area contributed by atoms with Crippen LogP contribution in [0.1, 0.15) is 46.0 Å². The molecule has 1 unspecified atom stereocenters. The molecule has 1 saturated carbocycles. The van der Waals surface area contributed by atoms with Crippen LogP contribution >= 0.6 is 0 Å². The molecule has 120 valence electrons. The zero-order chi connectivity index (χ0) is 15.9. The quantitative estimate of drug-likeness (QED) is 0.533. The minimum Gasteiger partial charge on any atom is -0.480 e. The first-order valence-electron chi connectivity index (χ1n) is 7.55. The fourth-order valence-electron chi connectivity index (χ4n) is 2.62. The molecule has 1 atom stereocenters. The van der Waals surface area contributed by atoms with E-state index in [1.165, 1.54) is 0 Å². The van der Waals surface area contributed by atoms with E-state index < -0.39 is 12.0 Å². The topological polar surface area (TPSA) is 75.6 Å². The van der Waals surface area contributed by atoms with Gasteiger partial charge in [-0.2, -0.15) is 0 Å². The summed E-state index contributed by atoms with van der Waals surface area (Å²) in [6.07, 6.45) is 6.26. The van der Waals surface area contributed by atoms with Crippen molar-refractivity contribution in [3.05, 3.63) is 12.7 Å². The Hall–Kier alpha value is -1.36. The maximum atomic E-state index is 12.0. The van der Waals surface area contributed by atoms with Gasteiger partial charge in [-0.1, -0.05) is 19.9 Å². The fraction of sp³-hybridized carbons (Fsp3) is 0.750. The lowest BCUT2D eigenvalue weighted by Crippen LogP contribution is -2.44. The molecule has 0 spiro atoms. The zero-order valence-electron chi connectivity index (χ0n) is 13.1. The first kappa shape index (κ1) is 17.7. The molecular weight excluding hydrogens is 270 g/mol. The molecule has 0 heterocycles. The lowest BCUT2D eigenvalue weighted by molar-refractivity contribution is -0.143. The number of carbonyl (C=O) groups is 2. The van der Waals surface area contributed by atoms with Gasteiger partial charge >= 0.3 is 5.97 Å². The average Bonchev–Trinajstić information content (AvgIpc) is 2.40. The molecule has 1 rings (SSSR count). The van der Waals surface area contributed by atoms with Gasteiger partial charge in [0.15, 0.2) is 6.04 Å². The van der Waals surface area contributed by atoms with E-state index in [9.17, 15) is 9.59 Å². The highest BCUT2D eigenvalue weighted by Crippen LogP contribution is 2.39. The molecule has 5 heteroatoms. The Morgan fingerprint density at radius 2 is 2.05 bits per heavy atom. The van der Waals surface area contributed by atoms with E-state index in [1.54, 1.807) is 6.08 Å². The van der Waals surface area contributed by atoms with Gasteiger partial charge in [0.1, 0.15) is 0 Å². The summed E-state index contributed by atoms with van der Waals surface area (Å²) in [5.74, 6) is -0.909. The summed E-state index contributed by atoms with van der Waals surface area (Å²) in [5, 5.41) is 11.6. The number of carboxylic acids is 1. The summed E-state index contributed by atoms with van der Waals surface area (Å²) in [6.45, 7) is 8.23. The standard InChI is InChI=1S/C16H27NO4/c1-4-9-21-11-13(15(19)20)17-14(18)10-12-5-7-16(2,3)8-6-12/h4,12-13H,1,5-11H2,2-3H3,(H,17,18)(H,19,20). The Morgan fingerprint density at radius 3 is 2.57 bits per heavy atom. The van der Waals surface area contributed by atoms with E-state index in [0.717, 1.165) is 25.7 Å². The van der Waals surface area contributed by atoms with Gasteiger partial charge in [0.2, 0.25) is 5.91 Å². The number of nitrogens with one attached hydrogen (secondary N) is 1. The van der Waals surface area contributed by atoms with Crippen LogP contribution < -0.4 is 5.32 Å². The number of hydrogen-bond acceptors (Lipinski definition) is 3. The number of hydrogen-bond donors (Lipinski definition) is 2. The van der Waals surface area contributed by atoms with E-state index in [4.69, 9.17) is 9.84 Å². The highest BCUT2D eigenvalue weighted by molar-refractivity contribution is 5.83. The number of carbonyl (C=O) groups excluding carboxylic acids is 1. The summed E-state index contributed by atoms with van der Waals surface area (Å²) in [5.41, 5.74) is 0.370. The summed E-state index contributed by atoms with van der Waals surface area (Å²) >= 11 is 0. The minimum absolute atomic E-state index is 0.0369. The SMILES string of the molecule is C=CCOCC(NC(=O)CC1CCC(C)(C)CC1)C(=O)O. The van der Waals surface area contributed by atoms with E-state index in [1.807, 2.05) is 0 Å². The molecule has 2 N–H and O–H groups in total. The Balaban J connectivity index is 2.36. The first-order valence-corrected chi connectivity index (χ1v) is 7.55. The molecule has 21 heavy (non-hydrogen) atoms. The normalized spacial score (nSPS) is 19.7. The highest BCUT2D eigenvalue weighted by atomic mass is 16.5. The molecule has 0 bridgehead atoms. The number of aliphatic carboxylic acids is 1. The van der Waals surface area contributed by atoms with Crippen LogP contribution in [0.5, 0.6) is 0 Å². The van der Waals surface area contributed by atoms with Crippen molar-refractivity contribution < 1.29 is 19.4 Å². The predicted molar refractivity (Wildman–Crippen MR) is 80.9 cm³/mol. The monoisotopic (exact) mass is 297 g/mol. The van der Waals surface area contributed by atoms with Crippen LogP contribution in [0.2, 0.25) is 0 Å². The molecule has 1 aliphatic rings. The first-order chi connectivity index (χ1) is 9.84. The maximum absolute atomic E-state index is 12.0. The minimum atomic E-state index is -1.07. The van der Waals surface area contributed by atoms with Crippen molar-refractivity contribution >= 4 is 11.9 Å². The van der Waals surface area contributed by atoms with Crippen LogP contribution in [0, 0.1) is 11.3 Å². The molecule has 0 aromatic heterocycles. The largest absolute Gasteiger partial charge is 0.480 e. The Labute approximate surface area is 126 Å². The molecular formula is C16H27NO4. The van der Waals surface area contributed by atoms with Crippen molar-refractivity contribution in [2.75, 3.05) is 13.2 Å². The Kier molecular flexibility index (Phi) is 6.89. The van der Waals surface area contributed by atoms with Crippen LogP contribution in [-0.4, -0.2) is 36.2 Å². The molecule has 0 aromatic carbocycles. The molecule has 1 amide bonds. The zero-order valence-corrected chi connectivity index (χ0v) is 13.1. The van der Waals surface area contributed by atoms with Crippen molar-refractivity contribution in [3.8, 4) is 0 Å². The van der Waals surface area contributed by atoms with Crippen LogP contribution in [0.25, 0.3) is 0 Å². The van der Waals surface area contributed by atoms with Crippen molar-refractivity contribution in [1.29, 1.82) is 0 Å². The second-order valence-electron chi connectivity index (χ2n) is 6.60. The number of rotatable bonds is 8. The van der Waals surface area contributed by atoms with Gasteiger partial charge in [-0.05, 0) is 37.0 Å². The smallest absolute Gasteiger partial charge is 0.328 e. The molecule has 1 aliphatic carbocycles. The second kappa shape index (κ2) is 8.17. The van der Waals surface area contributed by atoms with Gasteiger partial charge in [0.05, 0.1) is 13.2 Å². The van der Waals surface area contributed by atoms with Gasteiger partial charge in [0, 0.05) is 6.42 Å². The molecule has 0 saturated heterocycles. The van der Waals surface area contributed by atoms with E-state index in [-0.39, 0.29) is 19.1 Å². The lowest BCUT2D eigenvalue weighted by atomic mass is 9.72. The fourth-order valence-corrected chi connectivity index (χ4v) is 2.62. The Morgan fingerprint density at radius 1 is 1.43 bits per heavy atom. The molecule has 0 radical (unpaired) electrons. The van der Waals surface area contributed by atoms with E-state index >= 15 is 0 Å². The molecule has 1 fully saturated rings. The van der Waals surface area contributed by atoms with Gasteiger partial charge < -0.3 is 15.2 Å². The van der Waals surface area contributed by atoms with Crippen molar-refractivity contribution in [2.45, 2.75) is 52.0 Å². The molecule has 0 aliphatic heterocycles. The predicted octanol–water partition coefficient (Wildman–Crippen LogP) is 2.36. The van der Waals surface area contributed by atoms with Gasteiger partial charge in [-0.3, -0.25) is 4.79 Å². The maximum Gasteiger partial charge on any atom is 0.328 e. The van der Waals surface area contributed by atoms with Crippen LogP contribution in [-0.2, 0) is 14.3 Å². The number of ether oxygens (including phenoxy) is 1. The summed E-state index contributed by atoms with van der Waals surface area (Å²) in [7, 11) is 0. The summed E-state index contributed by atoms with van der Waals surface area (Å²) in [6, 6.07) is -0.988. The highest BCUT2D eigenvalue weighted by Gasteiger charge is 2.29. The third-order valence-electron chi connectivity index (χ3n) is 4.09. The third kappa shape index (κ3) is 6.76. The van der Waals surface area contributed by atoms with Crippen LogP contribution in [0.15, 0.2) is 12.7 Å². The second-order valence-corrected chi connectivity index (χ2v) is 6.60. The molecule has 0 aromatic rings. The van der Waals surface area contributed by atoms with E-state index in [2.05, 4.69) is 25.7 Å². The third-order valence-corrected chi connectivity index (χ3v) is 4.09. The van der Waals surface area contributed by atoms with E-state index in [0.29, 0.717) is 17.8 Å². The van der Waals surface area contributed by atoms with Crippen LogP contribution in [0.4, 0.5) is 0 Å². The van der Waals surface area contributed by atoms with Gasteiger partial charge in [-0.25, -0.2) is 4.79 Å². The van der Waals surface area contributed by atoms with Crippen molar-refractivity contribution in [1.82, 2.24) is 5.32 Å². The summed E-state index contributed by atoms with van der Waals surface area (Å²) in [4.78, 5) is 23.1.